The Labute approximate surface area is 178 Å². The maximum Gasteiger partial charge on any atom is 0.275 e. The molecule has 3 aromatic rings. The largest absolute Gasteiger partial charge is 0.467 e. The van der Waals surface area contributed by atoms with Gasteiger partial charge in [-0.3, -0.25) is 4.79 Å². The van der Waals surface area contributed by atoms with Crippen LogP contribution in [0.5, 0.6) is 0 Å². The summed E-state index contributed by atoms with van der Waals surface area (Å²) in [4.78, 5) is 15.4. The predicted molar refractivity (Wildman–Crippen MR) is 116 cm³/mol. The molecule has 30 heavy (non-hydrogen) atoms. The Morgan fingerprint density at radius 1 is 0.900 bits per heavy atom. The Morgan fingerprint density at radius 2 is 1.50 bits per heavy atom. The molecule has 2 heterocycles. The van der Waals surface area contributed by atoms with Crippen LogP contribution in [0.1, 0.15) is 35.9 Å². The van der Waals surface area contributed by atoms with E-state index >= 15 is 0 Å². The Morgan fingerprint density at radius 3 is 2.03 bits per heavy atom. The van der Waals surface area contributed by atoms with Crippen LogP contribution in [-0.2, 0) is 4.79 Å². The van der Waals surface area contributed by atoms with Gasteiger partial charge in [-0.2, -0.15) is 0 Å². The van der Waals surface area contributed by atoms with Crippen LogP contribution in [0.15, 0.2) is 83.5 Å². The molecule has 1 aliphatic rings. The second kappa shape index (κ2) is 9.74. The molecule has 1 amide bonds. The number of hydrogen-bond donors (Lipinski definition) is 3. The van der Waals surface area contributed by atoms with Crippen molar-refractivity contribution >= 4 is 5.91 Å². The number of rotatable bonds is 7. The first-order valence-electron chi connectivity index (χ1n) is 10.8. The summed E-state index contributed by atoms with van der Waals surface area (Å²) in [7, 11) is 0. The Bertz CT molecular complexity index is 865. The predicted octanol–water partition coefficient (Wildman–Crippen LogP) is 1.03. The van der Waals surface area contributed by atoms with Gasteiger partial charge < -0.3 is 19.5 Å². The lowest BCUT2D eigenvalue weighted by Crippen LogP contribution is -3.28. The number of furan rings is 1. The molecule has 0 radical (unpaired) electrons. The number of carbonyl (C=O) groups excluding carboxylic acids is 1. The zero-order valence-electron chi connectivity index (χ0n) is 17.5. The van der Waals surface area contributed by atoms with Gasteiger partial charge in [0.25, 0.3) is 5.91 Å². The van der Waals surface area contributed by atoms with E-state index < -0.39 is 0 Å². The third-order valence-electron chi connectivity index (χ3n) is 6.03. The van der Waals surface area contributed by atoms with Crippen LogP contribution in [0, 0.1) is 0 Å². The lowest BCUT2D eigenvalue weighted by molar-refractivity contribution is -1.02. The zero-order valence-corrected chi connectivity index (χ0v) is 17.5. The van der Waals surface area contributed by atoms with Crippen molar-refractivity contribution in [3.63, 3.8) is 0 Å². The van der Waals surface area contributed by atoms with Gasteiger partial charge in [0.1, 0.15) is 38.0 Å². The molecule has 156 valence electrons. The summed E-state index contributed by atoms with van der Waals surface area (Å²) in [6.45, 7) is 6.55. The molecule has 4 rings (SSSR count). The minimum absolute atomic E-state index is 0.0834. The second-order valence-corrected chi connectivity index (χ2v) is 8.14. The summed E-state index contributed by atoms with van der Waals surface area (Å²) < 4.78 is 5.39. The number of quaternary nitrogens is 2. The first kappa shape index (κ1) is 20.4. The first-order valence-corrected chi connectivity index (χ1v) is 10.8. The van der Waals surface area contributed by atoms with Crippen LogP contribution in [-0.4, -0.2) is 38.6 Å². The summed E-state index contributed by atoms with van der Waals surface area (Å²) in [6, 6.07) is 25.5. The van der Waals surface area contributed by atoms with Gasteiger partial charge in [0.15, 0.2) is 6.54 Å². The highest BCUT2D eigenvalue weighted by Crippen LogP contribution is 2.18. The number of carbonyl (C=O) groups is 1. The minimum Gasteiger partial charge on any atom is -0.467 e. The standard InChI is InChI=1S/C25H29N3O2/c1-20(23-13-8-18-30-23)26-24(29)19-27-14-16-28(17-15-27)25(21-9-4-2-5-10-21)22-11-6-3-7-12-22/h2-13,18,20,25H,14-17,19H2,1H3,(H,26,29)/p+2/t20-/m0/s1. The number of piperazine rings is 1. The van der Waals surface area contributed by atoms with Gasteiger partial charge in [-0.15, -0.1) is 0 Å². The molecule has 0 saturated carbocycles. The van der Waals surface area contributed by atoms with Gasteiger partial charge in [-0.25, -0.2) is 0 Å². The van der Waals surface area contributed by atoms with E-state index in [1.807, 2.05) is 19.1 Å². The van der Waals surface area contributed by atoms with E-state index in [1.54, 1.807) is 11.2 Å². The molecule has 0 bridgehead atoms. The molecule has 1 fully saturated rings. The first-order chi connectivity index (χ1) is 14.7. The number of nitrogens with one attached hydrogen (secondary N) is 3. The van der Waals surface area contributed by atoms with Crippen molar-refractivity contribution in [3.8, 4) is 0 Å². The summed E-state index contributed by atoms with van der Waals surface area (Å²) in [6.07, 6.45) is 1.64. The topological polar surface area (TPSA) is 51.1 Å². The summed E-state index contributed by atoms with van der Waals surface area (Å²) in [5, 5.41) is 3.05. The van der Waals surface area contributed by atoms with Crippen molar-refractivity contribution in [1.29, 1.82) is 0 Å². The van der Waals surface area contributed by atoms with E-state index in [0.717, 1.165) is 31.9 Å². The molecule has 1 aliphatic heterocycles. The van der Waals surface area contributed by atoms with Crippen LogP contribution in [0.2, 0.25) is 0 Å². The van der Waals surface area contributed by atoms with Crippen molar-refractivity contribution in [3.05, 3.63) is 95.9 Å². The van der Waals surface area contributed by atoms with E-state index in [2.05, 4.69) is 66.0 Å². The monoisotopic (exact) mass is 405 g/mol. The van der Waals surface area contributed by atoms with Gasteiger partial charge in [0.2, 0.25) is 0 Å². The van der Waals surface area contributed by atoms with Crippen LogP contribution in [0.4, 0.5) is 0 Å². The molecular weight excluding hydrogens is 374 g/mol. The highest BCUT2D eigenvalue weighted by atomic mass is 16.3. The quantitative estimate of drug-likeness (QED) is 0.550. The zero-order chi connectivity index (χ0) is 20.8. The van der Waals surface area contributed by atoms with Gasteiger partial charge in [0, 0.05) is 11.1 Å². The minimum atomic E-state index is -0.0978. The molecule has 2 aromatic carbocycles. The molecule has 3 N–H and O–H groups in total. The van der Waals surface area contributed by atoms with Gasteiger partial charge in [0.05, 0.1) is 12.3 Å². The Kier molecular flexibility index (Phi) is 6.62. The fourth-order valence-corrected chi connectivity index (χ4v) is 4.47. The van der Waals surface area contributed by atoms with Crippen molar-refractivity contribution in [2.45, 2.75) is 19.0 Å². The van der Waals surface area contributed by atoms with Crippen molar-refractivity contribution in [2.24, 2.45) is 0 Å². The molecule has 0 unspecified atom stereocenters. The fraction of sp³-hybridized carbons (Fsp3) is 0.320. The molecule has 1 atom stereocenters. The third-order valence-corrected chi connectivity index (χ3v) is 6.03. The smallest absolute Gasteiger partial charge is 0.275 e. The van der Waals surface area contributed by atoms with Gasteiger partial charge in [-0.1, -0.05) is 60.7 Å². The SMILES string of the molecule is C[C@H](NC(=O)C[NH+]1CC[NH+](C(c2ccccc2)c2ccccc2)CC1)c1ccco1. The normalized spacial score (nSPS) is 20.1. The number of hydrogen-bond acceptors (Lipinski definition) is 2. The molecule has 5 heteroatoms. The van der Waals surface area contributed by atoms with E-state index in [1.165, 1.54) is 16.0 Å². The maximum absolute atomic E-state index is 12.5. The van der Waals surface area contributed by atoms with Crippen molar-refractivity contribution in [2.75, 3.05) is 32.7 Å². The molecule has 1 saturated heterocycles. The molecule has 1 aromatic heterocycles. The molecule has 0 aliphatic carbocycles. The Hall–Kier alpha value is -2.89. The third kappa shape index (κ3) is 4.99. The van der Waals surface area contributed by atoms with E-state index in [0.29, 0.717) is 12.6 Å². The van der Waals surface area contributed by atoms with E-state index in [9.17, 15) is 4.79 Å². The van der Waals surface area contributed by atoms with Crippen molar-refractivity contribution < 1.29 is 19.0 Å². The van der Waals surface area contributed by atoms with Crippen molar-refractivity contribution in [1.82, 2.24) is 5.32 Å². The highest BCUT2D eigenvalue weighted by Gasteiger charge is 2.32. The molecular formula is C25H31N3O2+2. The highest BCUT2D eigenvalue weighted by molar-refractivity contribution is 5.77. The van der Waals surface area contributed by atoms with E-state index in [4.69, 9.17) is 4.42 Å². The van der Waals surface area contributed by atoms with Gasteiger partial charge >= 0.3 is 0 Å². The number of benzene rings is 2. The lowest BCUT2D eigenvalue weighted by atomic mass is 9.96. The summed E-state index contributed by atoms with van der Waals surface area (Å²) in [5.74, 6) is 0.876. The van der Waals surface area contributed by atoms with Crippen LogP contribution in [0.25, 0.3) is 0 Å². The average molecular weight is 406 g/mol. The van der Waals surface area contributed by atoms with Crippen LogP contribution in [0.3, 0.4) is 0 Å². The second-order valence-electron chi connectivity index (χ2n) is 8.14. The van der Waals surface area contributed by atoms with Gasteiger partial charge in [-0.05, 0) is 19.1 Å². The van der Waals surface area contributed by atoms with Crippen LogP contribution >= 0.6 is 0 Å². The average Bonchev–Trinajstić information content (AvgIpc) is 3.32. The lowest BCUT2D eigenvalue weighted by Gasteiger charge is -2.35. The van der Waals surface area contributed by atoms with E-state index in [-0.39, 0.29) is 11.9 Å². The molecule has 5 nitrogen and oxygen atoms in total. The van der Waals surface area contributed by atoms with Crippen LogP contribution < -0.4 is 15.1 Å². The summed E-state index contributed by atoms with van der Waals surface area (Å²) >= 11 is 0. The molecule has 0 spiro atoms. The fourth-order valence-electron chi connectivity index (χ4n) is 4.47. The number of amides is 1. The summed E-state index contributed by atoms with van der Waals surface area (Å²) in [5.41, 5.74) is 2.71. The Balaban J connectivity index is 1.36. The maximum atomic E-state index is 12.5.